The number of nitrogens with one attached hydrogen (secondary N) is 1. The molecule has 0 spiro atoms. The number of rotatable bonds is 3. The van der Waals surface area contributed by atoms with Gasteiger partial charge in [-0.15, -0.1) is 0 Å². The molecule has 1 aliphatic rings. The molecule has 1 aliphatic carbocycles. The first-order chi connectivity index (χ1) is 9.29. The van der Waals surface area contributed by atoms with Gasteiger partial charge in [0.2, 0.25) is 11.9 Å². The highest BCUT2D eigenvalue weighted by molar-refractivity contribution is 5.92. The Kier molecular flexibility index (Phi) is 3.21. The Morgan fingerprint density at radius 1 is 1.37 bits per heavy atom. The van der Waals surface area contributed by atoms with Crippen LogP contribution in [0.1, 0.15) is 31.7 Å². The summed E-state index contributed by atoms with van der Waals surface area (Å²) in [4.78, 5) is 16.1. The van der Waals surface area contributed by atoms with Crippen LogP contribution in [0.3, 0.4) is 0 Å². The maximum Gasteiger partial charge on any atom is 0.240 e. The van der Waals surface area contributed by atoms with E-state index in [0.29, 0.717) is 12.0 Å². The van der Waals surface area contributed by atoms with Crippen molar-refractivity contribution >= 4 is 22.9 Å². The smallest absolute Gasteiger partial charge is 0.240 e. The van der Waals surface area contributed by atoms with E-state index in [1.54, 1.807) is 0 Å². The minimum absolute atomic E-state index is 0.0200. The number of carbonyl (C=O) groups is 1. The van der Waals surface area contributed by atoms with Gasteiger partial charge in [0.15, 0.2) is 0 Å². The lowest BCUT2D eigenvalue weighted by Crippen LogP contribution is -2.24. The molecule has 0 radical (unpaired) electrons. The Bertz CT molecular complexity index is 599. The predicted molar refractivity (Wildman–Crippen MR) is 74.9 cm³/mol. The average molecular weight is 258 g/mol. The van der Waals surface area contributed by atoms with Crippen LogP contribution in [0.15, 0.2) is 24.3 Å². The molecule has 1 fully saturated rings. The first kappa shape index (κ1) is 12.2. The standard InChI is InChI=1S/C14H18N4O/c15-9-13(19)17-14-16-11-7-3-4-8-12(11)18(14)10-5-1-2-6-10/h3-4,7-8,10H,1-2,5-6,9,15H2,(H,16,17,19). The summed E-state index contributed by atoms with van der Waals surface area (Å²) in [6.07, 6.45) is 4.76. The highest BCUT2D eigenvalue weighted by atomic mass is 16.2. The Hall–Kier alpha value is -1.88. The normalized spacial score (nSPS) is 16.1. The van der Waals surface area contributed by atoms with Crippen molar-refractivity contribution < 1.29 is 4.79 Å². The summed E-state index contributed by atoms with van der Waals surface area (Å²) in [7, 11) is 0. The van der Waals surface area contributed by atoms with Crippen molar-refractivity contribution in [1.29, 1.82) is 0 Å². The second-order valence-electron chi connectivity index (χ2n) is 4.98. The summed E-state index contributed by atoms with van der Waals surface area (Å²) in [6.45, 7) is -0.0200. The van der Waals surface area contributed by atoms with E-state index in [1.807, 2.05) is 18.2 Å². The Labute approximate surface area is 111 Å². The summed E-state index contributed by atoms with van der Waals surface area (Å²) in [5.74, 6) is 0.429. The predicted octanol–water partition coefficient (Wildman–Crippen LogP) is 2.05. The number of hydrogen-bond donors (Lipinski definition) is 2. The zero-order valence-corrected chi connectivity index (χ0v) is 10.8. The minimum Gasteiger partial charge on any atom is -0.322 e. The molecule has 5 heteroatoms. The fourth-order valence-electron chi connectivity index (χ4n) is 2.84. The molecule has 0 bridgehead atoms. The van der Waals surface area contributed by atoms with Crippen molar-refractivity contribution in [3.8, 4) is 0 Å². The molecule has 0 aliphatic heterocycles. The molecule has 3 N–H and O–H groups in total. The van der Waals surface area contributed by atoms with Crippen LogP contribution in [0, 0.1) is 0 Å². The van der Waals surface area contributed by atoms with Crippen molar-refractivity contribution in [2.24, 2.45) is 5.73 Å². The van der Waals surface area contributed by atoms with E-state index in [2.05, 4.69) is 20.9 Å². The molecular weight excluding hydrogens is 240 g/mol. The van der Waals surface area contributed by atoms with Gasteiger partial charge in [-0.05, 0) is 25.0 Å². The van der Waals surface area contributed by atoms with Crippen LogP contribution >= 0.6 is 0 Å². The number of amides is 1. The fourth-order valence-corrected chi connectivity index (χ4v) is 2.84. The van der Waals surface area contributed by atoms with Crippen LogP contribution in [0.2, 0.25) is 0 Å². The van der Waals surface area contributed by atoms with Gasteiger partial charge in [0.1, 0.15) is 0 Å². The molecule has 19 heavy (non-hydrogen) atoms. The number of carbonyl (C=O) groups excluding carboxylic acids is 1. The number of anilines is 1. The van der Waals surface area contributed by atoms with Gasteiger partial charge in [-0.2, -0.15) is 0 Å². The Morgan fingerprint density at radius 2 is 2.11 bits per heavy atom. The molecule has 1 heterocycles. The second-order valence-corrected chi connectivity index (χ2v) is 4.98. The highest BCUT2D eigenvalue weighted by Crippen LogP contribution is 2.35. The van der Waals surface area contributed by atoms with Crippen LogP contribution in [-0.4, -0.2) is 22.0 Å². The van der Waals surface area contributed by atoms with Crippen molar-refractivity contribution in [1.82, 2.24) is 9.55 Å². The third-order valence-electron chi connectivity index (χ3n) is 3.72. The quantitative estimate of drug-likeness (QED) is 0.885. The molecule has 5 nitrogen and oxygen atoms in total. The molecule has 1 aromatic carbocycles. The number of imidazole rings is 1. The van der Waals surface area contributed by atoms with Crippen molar-refractivity contribution in [2.45, 2.75) is 31.7 Å². The third kappa shape index (κ3) is 2.21. The van der Waals surface area contributed by atoms with Crippen LogP contribution in [0.5, 0.6) is 0 Å². The molecule has 0 unspecified atom stereocenters. The highest BCUT2D eigenvalue weighted by Gasteiger charge is 2.23. The zero-order valence-electron chi connectivity index (χ0n) is 10.8. The molecule has 1 amide bonds. The number of nitrogens with two attached hydrogens (primary N) is 1. The van der Waals surface area contributed by atoms with E-state index in [1.165, 1.54) is 12.8 Å². The second kappa shape index (κ2) is 5.01. The van der Waals surface area contributed by atoms with Gasteiger partial charge in [-0.1, -0.05) is 25.0 Å². The molecule has 0 atom stereocenters. The molecule has 3 rings (SSSR count). The van der Waals surface area contributed by atoms with E-state index in [9.17, 15) is 4.79 Å². The van der Waals surface area contributed by atoms with Gasteiger partial charge in [0.25, 0.3) is 0 Å². The lowest BCUT2D eigenvalue weighted by molar-refractivity contribution is -0.115. The number of hydrogen-bond acceptors (Lipinski definition) is 3. The maximum atomic E-state index is 11.5. The van der Waals surface area contributed by atoms with Crippen LogP contribution in [0.4, 0.5) is 5.95 Å². The maximum absolute atomic E-state index is 11.5. The fraction of sp³-hybridized carbons (Fsp3) is 0.429. The molecule has 1 aromatic heterocycles. The number of fused-ring (bicyclic) bond motifs is 1. The van der Waals surface area contributed by atoms with E-state index in [4.69, 9.17) is 5.73 Å². The van der Waals surface area contributed by atoms with Crippen molar-refractivity contribution in [3.05, 3.63) is 24.3 Å². The monoisotopic (exact) mass is 258 g/mol. The lowest BCUT2D eigenvalue weighted by atomic mass is 10.2. The van der Waals surface area contributed by atoms with Gasteiger partial charge in [-0.25, -0.2) is 4.98 Å². The van der Waals surface area contributed by atoms with Gasteiger partial charge in [0.05, 0.1) is 17.6 Å². The summed E-state index contributed by atoms with van der Waals surface area (Å²) < 4.78 is 2.16. The summed E-state index contributed by atoms with van der Waals surface area (Å²) in [5.41, 5.74) is 7.37. The topological polar surface area (TPSA) is 72.9 Å². The van der Waals surface area contributed by atoms with Gasteiger partial charge in [0, 0.05) is 6.04 Å². The van der Waals surface area contributed by atoms with Gasteiger partial charge < -0.3 is 10.3 Å². The van der Waals surface area contributed by atoms with Gasteiger partial charge in [-0.3, -0.25) is 10.1 Å². The number of nitrogens with zero attached hydrogens (tertiary/aromatic N) is 2. The first-order valence-corrected chi connectivity index (χ1v) is 6.76. The van der Waals surface area contributed by atoms with E-state index >= 15 is 0 Å². The summed E-state index contributed by atoms with van der Waals surface area (Å²) in [6, 6.07) is 8.42. The number of aromatic nitrogens is 2. The van der Waals surface area contributed by atoms with Gasteiger partial charge >= 0.3 is 0 Å². The van der Waals surface area contributed by atoms with Crippen LogP contribution < -0.4 is 11.1 Å². The van der Waals surface area contributed by atoms with E-state index < -0.39 is 0 Å². The Balaban J connectivity index is 2.08. The largest absolute Gasteiger partial charge is 0.322 e. The van der Waals surface area contributed by atoms with Crippen molar-refractivity contribution in [3.63, 3.8) is 0 Å². The van der Waals surface area contributed by atoms with Crippen LogP contribution in [-0.2, 0) is 4.79 Å². The Morgan fingerprint density at radius 3 is 2.84 bits per heavy atom. The molecular formula is C14H18N4O. The van der Waals surface area contributed by atoms with E-state index in [0.717, 1.165) is 23.9 Å². The lowest BCUT2D eigenvalue weighted by Gasteiger charge is -2.16. The average Bonchev–Trinajstić information content (AvgIpc) is 3.04. The number of para-hydroxylation sites is 2. The van der Waals surface area contributed by atoms with Crippen molar-refractivity contribution in [2.75, 3.05) is 11.9 Å². The SMILES string of the molecule is NCC(=O)Nc1nc2ccccc2n1C1CCCC1. The molecule has 100 valence electrons. The summed E-state index contributed by atoms with van der Waals surface area (Å²) >= 11 is 0. The number of benzene rings is 1. The minimum atomic E-state index is -0.199. The molecule has 2 aromatic rings. The van der Waals surface area contributed by atoms with E-state index in [-0.39, 0.29) is 12.5 Å². The third-order valence-corrected chi connectivity index (χ3v) is 3.72. The molecule has 0 saturated heterocycles. The molecule has 1 saturated carbocycles. The zero-order chi connectivity index (χ0) is 13.2. The van der Waals surface area contributed by atoms with Crippen LogP contribution in [0.25, 0.3) is 11.0 Å². The first-order valence-electron chi connectivity index (χ1n) is 6.76. The summed E-state index contributed by atoms with van der Waals surface area (Å²) in [5, 5.41) is 2.81.